The number of hydrogen-bond acceptors (Lipinski definition) is 3. The molecule has 3 nitrogen and oxygen atoms in total. The zero-order chi connectivity index (χ0) is 14.2. The molecule has 0 aliphatic carbocycles. The molecule has 1 aromatic carbocycles. The molecule has 0 bridgehead atoms. The number of furan rings is 1. The van der Waals surface area contributed by atoms with Crippen LogP contribution >= 0.6 is 27.5 Å². The van der Waals surface area contributed by atoms with Gasteiger partial charge in [0.25, 0.3) is 0 Å². The minimum Gasteiger partial charge on any atom is -0.462 e. The van der Waals surface area contributed by atoms with Crippen LogP contribution in [0.25, 0.3) is 11.0 Å². The third-order valence-electron chi connectivity index (χ3n) is 2.74. The van der Waals surface area contributed by atoms with Crippen LogP contribution in [0.1, 0.15) is 42.8 Å². The standard InChI is InChI=1S/C14H14BrClO3/c1-4-18-14(17)11-9-5-8(16)6-10(15)13(9)19-12(11)7(2)3/h5-7H,4H2,1-3H3. The fraction of sp³-hybridized carbons (Fsp3) is 0.357. The van der Waals surface area contributed by atoms with Crippen molar-refractivity contribution in [3.63, 3.8) is 0 Å². The number of carbonyl (C=O) groups excluding carboxylic acids is 1. The van der Waals surface area contributed by atoms with Crippen molar-refractivity contribution in [2.24, 2.45) is 0 Å². The molecule has 2 aromatic rings. The molecule has 0 aliphatic rings. The SMILES string of the molecule is CCOC(=O)c1c(C(C)C)oc2c(Br)cc(Cl)cc12. The van der Waals surface area contributed by atoms with Gasteiger partial charge in [0.15, 0.2) is 0 Å². The molecule has 0 spiro atoms. The normalized spacial score (nSPS) is 11.3. The van der Waals surface area contributed by atoms with Crippen LogP contribution in [0, 0.1) is 0 Å². The molecule has 0 amide bonds. The molecular formula is C14H14BrClO3. The number of carbonyl (C=O) groups is 1. The molecule has 102 valence electrons. The van der Waals surface area contributed by atoms with Crippen molar-refractivity contribution in [1.82, 2.24) is 0 Å². The van der Waals surface area contributed by atoms with Crippen molar-refractivity contribution in [1.29, 1.82) is 0 Å². The number of esters is 1. The summed E-state index contributed by atoms with van der Waals surface area (Å²) in [4.78, 5) is 12.1. The zero-order valence-corrected chi connectivity index (χ0v) is 13.3. The molecular weight excluding hydrogens is 332 g/mol. The quantitative estimate of drug-likeness (QED) is 0.722. The third kappa shape index (κ3) is 2.65. The van der Waals surface area contributed by atoms with Gasteiger partial charge in [-0.1, -0.05) is 25.4 Å². The third-order valence-corrected chi connectivity index (χ3v) is 3.55. The zero-order valence-electron chi connectivity index (χ0n) is 10.9. The van der Waals surface area contributed by atoms with Gasteiger partial charge >= 0.3 is 5.97 Å². The fourth-order valence-corrected chi connectivity index (χ4v) is 2.86. The average molecular weight is 346 g/mol. The summed E-state index contributed by atoms with van der Waals surface area (Å²) in [6, 6.07) is 3.47. The molecule has 0 fully saturated rings. The molecule has 5 heteroatoms. The molecule has 0 atom stereocenters. The second kappa shape index (κ2) is 5.55. The Hall–Kier alpha value is -1.00. The maximum atomic E-state index is 12.1. The first-order valence-electron chi connectivity index (χ1n) is 6.04. The Morgan fingerprint density at radius 3 is 2.74 bits per heavy atom. The van der Waals surface area contributed by atoms with E-state index in [1.54, 1.807) is 19.1 Å². The van der Waals surface area contributed by atoms with Crippen LogP contribution in [0.15, 0.2) is 21.0 Å². The number of halogens is 2. The Bertz CT molecular complexity index is 631. The van der Waals surface area contributed by atoms with Crippen LogP contribution < -0.4 is 0 Å². The van der Waals surface area contributed by atoms with E-state index in [4.69, 9.17) is 20.8 Å². The second-order valence-electron chi connectivity index (χ2n) is 4.48. The summed E-state index contributed by atoms with van der Waals surface area (Å²) in [6.07, 6.45) is 0. The fourth-order valence-electron chi connectivity index (χ4n) is 1.96. The Morgan fingerprint density at radius 2 is 2.16 bits per heavy atom. The highest BCUT2D eigenvalue weighted by Crippen LogP contribution is 2.37. The number of benzene rings is 1. The van der Waals surface area contributed by atoms with E-state index in [2.05, 4.69) is 15.9 Å². The monoisotopic (exact) mass is 344 g/mol. The number of rotatable bonds is 3. The van der Waals surface area contributed by atoms with Crippen molar-refractivity contribution in [3.05, 3.63) is 33.0 Å². The van der Waals surface area contributed by atoms with Crippen LogP contribution in [0.5, 0.6) is 0 Å². The highest BCUT2D eigenvalue weighted by Gasteiger charge is 2.25. The maximum absolute atomic E-state index is 12.1. The molecule has 0 saturated heterocycles. The maximum Gasteiger partial charge on any atom is 0.342 e. The summed E-state index contributed by atoms with van der Waals surface area (Å²) in [6.45, 7) is 6.04. The summed E-state index contributed by atoms with van der Waals surface area (Å²) in [5.74, 6) is 0.327. The van der Waals surface area contributed by atoms with Crippen LogP contribution in [-0.2, 0) is 4.74 Å². The van der Waals surface area contributed by atoms with Crippen molar-refractivity contribution in [2.75, 3.05) is 6.61 Å². The summed E-state index contributed by atoms with van der Waals surface area (Å²) in [7, 11) is 0. The Labute approximate surface area is 125 Å². The van der Waals surface area contributed by atoms with E-state index in [1.165, 1.54) is 0 Å². The van der Waals surface area contributed by atoms with Gasteiger partial charge in [-0.3, -0.25) is 0 Å². The molecule has 0 unspecified atom stereocenters. The van der Waals surface area contributed by atoms with E-state index in [0.29, 0.717) is 33.9 Å². The summed E-state index contributed by atoms with van der Waals surface area (Å²) < 4.78 is 11.6. The van der Waals surface area contributed by atoms with Gasteiger partial charge < -0.3 is 9.15 Å². The highest BCUT2D eigenvalue weighted by atomic mass is 79.9. The van der Waals surface area contributed by atoms with Crippen molar-refractivity contribution in [3.8, 4) is 0 Å². The van der Waals surface area contributed by atoms with E-state index in [0.717, 1.165) is 4.47 Å². The van der Waals surface area contributed by atoms with Gasteiger partial charge in [-0.15, -0.1) is 0 Å². The first-order chi connectivity index (χ1) is 8.95. The van der Waals surface area contributed by atoms with Crippen LogP contribution in [0.2, 0.25) is 5.02 Å². The van der Waals surface area contributed by atoms with Gasteiger partial charge in [-0.2, -0.15) is 0 Å². The second-order valence-corrected chi connectivity index (χ2v) is 5.77. The van der Waals surface area contributed by atoms with E-state index in [1.807, 2.05) is 13.8 Å². The highest BCUT2D eigenvalue weighted by molar-refractivity contribution is 9.10. The predicted molar refractivity (Wildman–Crippen MR) is 79.0 cm³/mol. The van der Waals surface area contributed by atoms with Crippen molar-refractivity contribution in [2.45, 2.75) is 26.7 Å². The Balaban J connectivity index is 2.76. The minimum atomic E-state index is -0.376. The molecule has 19 heavy (non-hydrogen) atoms. The van der Waals surface area contributed by atoms with Crippen LogP contribution in [-0.4, -0.2) is 12.6 Å². The van der Waals surface area contributed by atoms with Gasteiger partial charge in [0.1, 0.15) is 16.9 Å². The minimum absolute atomic E-state index is 0.0810. The lowest BCUT2D eigenvalue weighted by Crippen LogP contribution is -2.07. The van der Waals surface area contributed by atoms with E-state index in [9.17, 15) is 4.79 Å². The van der Waals surface area contributed by atoms with Crippen LogP contribution in [0.4, 0.5) is 0 Å². The summed E-state index contributed by atoms with van der Waals surface area (Å²) >= 11 is 9.44. The van der Waals surface area contributed by atoms with Crippen LogP contribution in [0.3, 0.4) is 0 Å². The van der Waals surface area contributed by atoms with Crippen molar-refractivity contribution >= 4 is 44.5 Å². The molecule has 1 heterocycles. The first kappa shape index (κ1) is 14.4. The summed E-state index contributed by atoms with van der Waals surface area (Å²) in [5.41, 5.74) is 1.09. The average Bonchev–Trinajstić information content (AvgIpc) is 2.68. The molecule has 0 saturated carbocycles. The van der Waals surface area contributed by atoms with E-state index in [-0.39, 0.29) is 11.9 Å². The number of hydrogen-bond donors (Lipinski definition) is 0. The van der Waals surface area contributed by atoms with Gasteiger partial charge in [0.05, 0.1) is 11.1 Å². The molecule has 0 aliphatic heterocycles. The lowest BCUT2D eigenvalue weighted by Gasteiger charge is -2.05. The predicted octanol–water partition coefficient (Wildman–Crippen LogP) is 5.15. The number of ether oxygens (including phenoxy) is 1. The molecule has 2 rings (SSSR count). The van der Waals surface area contributed by atoms with Crippen molar-refractivity contribution < 1.29 is 13.9 Å². The topological polar surface area (TPSA) is 39.4 Å². The first-order valence-corrected chi connectivity index (χ1v) is 7.21. The largest absolute Gasteiger partial charge is 0.462 e. The number of fused-ring (bicyclic) bond motifs is 1. The Morgan fingerprint density at radius 1 is 1.47 bits per heavy atom. The lowest BCUT2D eigenvalue weighted by molar-refractivity contribution is 0.0525. The van der Waals surface area contributed by atoms with Gasteiger partial charge in [-0.05, 0) is 35.0 Å². The molecule has 0 radical (unpaired) electrons. The summed E-state index contributed by atoms with van der Waals surface area (Å²) in [5, 5.41) is 1.22. The Kier molecular flexibility index (Phi) is 4.21. The van der Waals surface area contributed by atoms with E-state index >= 15 is 0 Å². The molecule has 1 aromatic heterocycles. The lowest BCUT2D eigenvalue weighted by atomic mass is 10.0. The van der Waals surface area contributed by atoms with Gasteiger partial charge in [0.2, 0.25) is 0 Å². The smallest absolute Gasteiger partial charge is 0.342 e. The van der Waals surface area contributed by atoms with Gasteiger partial charge in [-0.25, -0.2) is 4.79 Å². The molecule has 0 N–H and O–H groups in total. The van der Waals surface area contributed by atoms with Gasteiger partial charge in [0, 0.05) is 16.3 Å². The van der Waals surface area contributed by atoms with E-state index < -0.39 is 0 Å².